The standard InChI is InChI=1S/C23H22N4O2S/c28-22(16-30-23-26-24-17-27(23)15-20-12-7-13-29-20)25-21(19-10-5-2-6-11-19)14-18-8-3-1-4-9-18/h1-13,17,21H,14-16H2,(H,25,28). The molecule has 7 heteroatoms. The zero-order chi connectivity index (χ0) is 20.6. The van der Waals surface area contributed by atoms with E-state index >= 15 is 0 Å². The molecule has 1 amide bonds. The Labute approximate surface area is 179 Å². The lowest BCUT2D eigenvalue weighted by molar-refractivity contribution is -0.119. The second-order valence-corrected chi connectivity index (χ2v) is 7.77. The van der Waals surface area contributed by atoms with Gasteiger partial charge < -0.3 is 14.3 Å². The Morgan fingerprint density at radius 3 is 2.53 bits per heavy atom. The summed E-state index contributed by atoms with van der Waals surface area (Å²) < 4.78 is 7.25. The molecule has 1 atom stereocenters. The van der Waals surface area contributed by atoms with Gasteiger partial charge in [0, 0.05) is 0 Å². The first kappa shape index (κ1) is 20.0. The molecule has 2 heterocycles. The van der Waals surface area contributed by atoms with Crippen molar-refractivity contribution in [1.29, 1.82) is 0 Å². The molecule has 1 unspecified atom stereocenters. The average molecular weight is 419 g/mol. The number of furan rings is 1. The first-order chi connectivity index (χ1) is 14.8. The number of hydrogen-bond acceptors (Lipinski definition) is 5. The number of hydrogen-bond donors (Lipinski definition) is 1. The van der Waals surface area contributed by atoms with Gasteiger partial charge in [-0.15, -0.1) is 10.2 Å². The van der Waals surface area contributed by atoms with Crippen molar-refractivity contribution < 1.29 is 9.21 Å². The number of nitrogens with zero attached hydrogens (tertiary/aromatic N) is 3. The number of rotatable bonds is 9. The molecule has 30 heavy (non-hydrogen) atoms. The molecule has 0 aliphatic carbocycles. The molecule has 0 saturated carbocycles. The third-order valence-corrected chi connectivity index (χ3v) is 5.62. The van der Waals surface area contributed by atoms with Crippen molar-refractivity contribution in [1.82, 2.24) is 20.1 Å². The van der Waals surface area contributed by atoms with Gasteiger partial charge >= 0.3 is 0 Å². The van der Waals surface area contributed by atoms with E-state index in [4.69, 9.17) is 4.42 Å². The minimum Gasteiger partial charge on any atom is -0.467 e. The maximum absolute atomic E-state index is 12.7. The maximum atomic E-state index is 12.7. The summed E-state index contributed by atoms with van der Waals surface area (Å²) in [7, 11) is 0. The van der Waals surface area contributed by atoms with Crippen LogP contribution in [0.25, 0.3) is 0 Å². The van der Waals surface area contributed by atoms with Crippen LogP contribution in [0.2, 0.25) is 0 Å². The summed E-state index contributed by atoms with van der Waals surface area (Å²) in [5, 5.41) is 11.9. The summed E-state index contributed by atoms with van der Waals surface area (Å²) >= 11 is 1.36. The Balaban J connectivity index is 1.39. The van der Waals surface area contributed by atoms with Crippen LogP contribution in [0.3, 0.4) is 0 Å². The highest BCUT2D eigenvalue weighted by Crippen LogP contribution is 2.20. The quantitative estimate of drug-likeness (QED) is 0.414. The van der Waals surface area contributed by atoms with Gasteiger partial charge in [0.1, 0.15) is 12.1 Å². The summed E-state index contributed by atoms with van der Waals surface area (Å²) in [5.41, 5.74) is 2.26. The van der Waals surface area contributed by atoms with Crippen molar-refractivity contribution in [2.45, 2.75) is 24.2 Å². The number of amides is 1. The molecule has 0 spiro atoms. The van der Waals surface area contributed by atoms with Gasteiger partial charge in [-0.2, -0.15) is 0 Å². The van der Waals surface area contributed by atoms with E-state index < -0.39 is 0 Å². The van der Waals surface area contributed by atoms with E-state index in [0.717, 1.165) is 17.7 Å². The number of benzene rings is 2. The molecule has 0 radical (unpaired) electrons. The molecule has 0 saturated heterocycles. The molecule has 152 valence electrons. The van der Waals surface area contributed by atoms with Crippen molar-refractivity contribution in [2.75, 3.05) is 5.75 Å². The van der Waals surface area contributed by atoms with Gasteiger partial charge in [-0.3, -0.25) is 4.79 Å². The molecule has 6 nitrogen and oxygen atoms in total. The zero-order valence-electron chi connectivity index (χ0n) is 16.3. The van der Waals surface area contributed by atoms with E-state index in [2.05, 4.69) is 27.6 Å². The van der Waals surface area contributed by atoms with Gasteiger partial charge in [0.2, 0.25) is 5.91 Å². The molecule has 0 aliphatic rings. The lowest BCUT2D eigenvalue weighted by Crippen LogP contribution is -2.31. The smallest absolute Gasteiger partial charge is 0.230 e. The molecule has 2 aromatic carbocycles. The van der Waals surface area contributed by atoms with E-state index in [1.165, 1.54) is 17.3 Å². The van der Waals surface area contributed by atoms with Crippen LogP contribution in [0.5, 0.6) is 0 Å². The van der Waals surface area contributed by atoms with Gasteiger partial charge in [0.25, 0.3) is 0 Å². The highest BCUT2D eigenvalue weighted by Gasteiger charge is 2.16. The van der Waals surface area contributed by atoms with Gasteiger partial charge in [-0.1, -0.05) is 72.4 Å². The number of carbonyl (C=O) groups is 1. The first-order valence-electron chi connectivity index (χ1n) is 9.69. The van der Waals surface area contributed by atoms with Crippen molar-refractivity contribution >= 4 is 17.7 Å². The molecular formula is C23H22N4O2S. The van der Waals surface area contributed by atoms with Crippen LogP contribution in [-0.4, -0.2) is 26.4 Å². The number of nitrogens with one attached hydrogen (secondary N) is 1. The summed E-state index contributed by atoms with van der Waals surface area (Å²) in [6, 6.07) is 23.9. The van der Waals surface area contributed by atoms with E-state index in [9.17, 15) is 4.79 Å². The van der Waals surface area contributed by atoms with Crippen molar-refractivity contribution in [3.63, 3.8) is 0 Å². The highest BCUT2D eigenvalue weighted by atomic mass is 32.2. The van der Waals surface area contributed by atoms with Crippen molar-refractivity contribution in [2.24, 2.45) is 0 Å². The number of aromatic nitrogens is 3. The van der Waals surface area contributed by atoms with Crippen LogP contribution in [0.4, 0.5) is 0 Å². The summed E-state index contributed by atoms with van der Waals surface area (Å²) in [6.07, 6.45) is 4.01. The molecule has 0 bridgehead atoms. The van der Waals surface area contributed by atoms with Crippen LogP contribution >= 0.6 is 11.8 Å². The predicted molar refractivity (Wildman–Crippen MR) is 116 cm³/mol. The zero-order valence-corrected chi connectivity index (χ0v) is 17.2. The van der Waals surface area contributed by atoms with E-state index in [0.29, 0.717) is 11.7 Å². The van der Waals surface area contributed by atoms with Crippen molar-refractivity contribution in [3.05, 3.63) is 102 Å². The molecule has 1 N–H and O–H groups in total. The fraction of sp³-hybridized carbons (Fsp3) is 0.174. The Hall–Kier alpha value is -3.32. The van der Waals surface area contributed by atoms with Crippen LogP contribution in [0.15, 0.2) is 95.0 Å². The average Bonchev–Trinajstić information content (AvgIpc) is 3.46. The second kappa shape index (κ2) is 9.93. The maximum Gasteiger partial charge on any atom is 0.230 e. The van der Waals surface area contributed by atoms with Gasteiger partial charge in [0.05, 0.1) is 24.6 Å². The fourth-order valence-electron chi connectivity index (χ4n) is 3.19. The SMILES string of the molecule is O=C(CSc1nncn1Cc1ccco1)NC(Cc1ccccc1)c1ccccc1. The van der Waals surface area contributed by atoms with E-state index in [1.54, 1.807) is 12.6 Å². The second-order valence-electron chi connectivity index (χ2n) is 6.83. The number of carbonyl (C=O) groups excluding carboxylic acids is 1. The lowest BCUT2D eigenvalue weighted by Gasteiger charge is -2.19. The third-order valence-electron chi connectivity index (χ3n) is 4.64. The fourth-order valence-corrected chi connectivity index (χ4v) is 3.91. The largest absolute Gasteiger partial charge is 0.467 e. The third kappa shape index (κ3) is 5.39. The highest BCUT2D eigenvalue weighted by molar-refractivity contribution is 7.99. The van der Waals surface area contributed by atoms with Crippen molar-refractivity contribution in [3.8, 4) is 0 Å². The van der Waals surface area contributed by atoms with Crippen LogP contribution in [0.1, 0.15) is 22.9 Å². The molecule has 2 aromatic heterocycles. The first-order valence-corrected chi connectivity index (χ1v) is 10.7. The van der Waals surface area contributed by atoms with E-state index in [1.807, 2.05) is 65.2 Å². The van der Waals surface area contributed by atoms with Gasteiger partial charge in [0.15, 0.2) is 5.16 Å². The minimum absolute atomic E-state index is 0.0441. The predicted octanol–water partition coefficient (Wildman–Crippen LogP) is 4.11. The molecule has 0 aliphatic heterocycles. The minimum atomic E-state index is -0.0947. The molecule has 4 rings (SSSR count). The van der Waals surface area contributed by atoms with Crippen LogP contribution in [0, 0.1) is 0 Å². The molecular weight excluding hydrogens is 396 g/mol. The molecule has 0 fully saturated rings. The monoisotopic (exact) mass is 418 g/mol. The van der Waals surface area contributed by atoms with Crippen LogP contribution in [-0.2, 0) is 17.8 Å². The van der Waals surface area contributed by atoms with Gasteiger partial charge in [-0.05, 0) is 29.7 Å². The Kier molecular flexibility index (Phi) is 6.61. The number of thioether (sulfide) groups is 1. The Bertz CT molecular complexity index is 1050. The summed E-state index contributed by atoms with van der Waals surface area (Å²) in [6.45, 7) is 0.532. The lowest BCUT2D eigenvalue weighted by atomic mass is 9.99. The Morgan fingerprint density at radius 2 is 1.80 bits per heavy atom. The Morgan fingerprint density at radius 1 is 1.03 bits per heavy atom. The summed E-state index contributed by atoms with van der Waals surface area (Å²) in [5.74, 6) is 1.03. The topological polar surface area (TPSA) is 73.0 Å². The molecule has 4 aromatic rings. The van der Waals surface area contributed by atoms with E-state index in [-0.39, 0.29) is 17.7 Å². The van der Waals surface area contributed by atoms with Crippen LogP contribution < -0.4 is 5.32 Å². The normalized spacial score (nSPS) is 11.9. The van der Waals surface area contributed by atoms with Gasteiger partial charge in [-0.25, -0.2) is 0 Å². The summed E-state index contributed by atoms with van der Waals surface area (Å²) in [4.78, 5) is 12.7.